The van der Waals surface area contributed by atoms with Gasteiger partial charge in [0.1, 0.15) is 0 Å². The molecule has 6 nitrogen and oxygen atoms in total. The molecule has 0 aromatic carbocycles. The molecular formula is C13H23NO5. The molecule has 1 aliphatic rings. The molecule has 0 aromatic heterocycles. The van der Waals surface area contributed by atoms with Gasteiger partial charge in [0.05, 0.1) is 24.7 Å². The zero-order valence-electron chi connectivity index (χ0n) is 11.8. The largest absolute Gasteiger partial charge is 0.481 e. The topological polar surface area (TPSA) is 87.1 Å². The molecule has 0 saturated carbocycles. The number of carboxylic acids is 1. The van der Waals surface area contributed by atoms with Crippen LogP contribution >= 0.6 is 0 Å². The first-order valence-electron chi connectivity index (χ1n) is 6.55. The summed E-state index contributed by atoms with van der Waals surface area (Å²) in [5.41, 5.74) is -1.07. The van der Waals surface area contributed by atoms with Crippen LogP contribution in [0.25, 0.3) is 0 Å². The molecule has 1 heterocycles. The van der Waals surface area contributed by atoms with Gasteiger partial charge >= 0.3 is 5.97 Å². The molecule has 0 bridgehead atoms. The summed E-state index contributed by atoms with van der Waals surface area (Å²) in [5.74, 6) is -1.29. The third-order valence-corrected chi connectivity index (χ3v) is 3.98. The number of hydrogen-bond donors (Lipinski definition) is 2. The maximum atomic E-state index is 12.2. The molecule has 1 rings (SSSR count). The number of ether oxygens (including phenoxy) is 1. The Labute approximate surface area is 113 Å². The molecule has 2 unspecified atom stereocenters. The summed E-state index contributed by atoms with van der Waals surface area (Å²) in [6, 6.07) is 0. The Morgan fingerprint density at radius 3 is 2.58 bits per heavy atom. The summed E-state index contributed by atoms with van der Waals surface area (Å²) in [6.45, 7) is 6.22. The highest BCUT2D eigenvalue weighted by molar-refractivity contribution is 5.85. The zero-order chi connectivity index (χ0) is 14.6. The highest BCUT2D eigenvalue weighted by atomic mass is 16.5. The van der Waals surface area contributed by atoms with Gasteiger partial charge in [-0.3, -0.25) is 9.59 Å². The number of carboxylic acid groups (broad SMARTS) is 1. The van der Waals surface area contributed by atoms with Gasteiger partial charge in [-0.05, 0) is 12.8 Å². The fraction of sp³-hybridized carbons (Fsp3) is 0.846. The minimum atomic E-state index is -1.07. The number of morpholine rings is 1. The van der Waals surface area contributed by atoms with Crippen molar-refractivity contribution in [3.8, 4) is 0 Å². The second kappa shape index (κ2) is 6.34. The van der Waals surface area contributed by atoms with Gasteiger partial charge in [0.2, 0.25) is 5.91 Å². The molecule has 1 aliphatic heterocycles. The highest BCUT2D eigenvalue weighted by Crippen LogP contribution is 2.32. The van der Waals surface area contributed by atoms with E-state index in [0.717, 1.165) is 0 Å². The van der Waals surface area contributed by atoms with Crippen molar-refractivity contribution in [2.24, 2.45) is 11.3 Å². The van der Waals surface area contributed by atoms with Crippen LogP contribution in [0.3, 0.4) is 0 Å². The number of carbonyl (C=O) groups excluding carboxylic acids is 1. The van der Waals surface area contributed by atoms with Crippen LogP contribution in [0.15, 0.2) is 0 Å². The summed E-state index contributed by atoms with van der Waals surface area (Å²) < 4.78 is 5.27. The number of rotatable bonds is 5. The molecule has 1 fully saturated rings. The van der Waals surface area contributed by atoms with E-state index in [9.17, 15) is 14.7 Å². The zero-order valence-corrected chi connectivity index (χ0v) is 11.8. The fourth-order valence-electron chi connectivity index (χ4n) is 2.01. The molecular weight excluding hydrogens is 250 g/mol. The Hall–Kier alpha value is -1.14. The molecule has 0 aromatic rings. The third-order valence-electron chi connectivity index (χ3n) is 3.98. The van der Waals surface area contributed by atoms with Crippen molar-refractivity contribution >= 4 is 11.9 Å². The minimum Gasteiger partial charge on any atom is -0.481 e. The first-order valence-corrected chi connectivity index (χ1v) is 6.55. The van der Waals surface area contributed by atoms with Crippen LogP contribution in [0, 0.1) is 11.3 Å². The van der Waals surface area contributed by atoms with Gasteiger partial charge in [-0.2, -0.15) is 0 Å². The van der Waals surface area contributed by atoms with Crippen molar-refractivity contribution in [3.05, 3.63) is 0 Å². The molecule has 110 valence electrons. The van der Waals surface area contributed by atoms with Crippen LogP contribution in [-0.2, 0) is 14.3 Å². The number of aliphatic hydroxyl groups is 1. The average molecular weight is 273 g/mol. The van der Waals surface area contributed by atoms with E-state index in [1.54, 1.807) is 25.7 Å². The van der Waals surface area contributed by atoms with E-state index in [1.807, 2.05) is 0 Å². The van der Waals surface area contributed by atoms with E-state index in [4.69, 9.17) is 9.84 Å². The lowest BCUT2D eigenvalue weighted by molar-refractivity contribution is -0.157. The lowest BCUT2D eigenvalue weighted by Gasteiger charge is -2.35. The van der Waals surface area contributed by atoms with Crippen molar-refractivity contribution in [1.82, 2.24) is 4.90 Å². The predicted octanol–water partition coefficient (Wildman–Crippen LogP) is 0.343. The monoisotopic (exact) mass is 273 g/mol. The normalized spacial score (nSPS) is 23.2. The molecule has 1 saturated heterocycles. The first kappa shape index (κ1) is 15.9. The van der Waals surface area contributed by atoms with Gasteiger partial charge in [0.25, 0.3) is 0 Å². The van der Waals surface area contributed by atoms with E-state index < -0.39 is 11.4 Å². The Morgan fingerprint density at radius 2 is 2.11 bits per heavy atom. The van der Waals surface area contributed by atoms with E-state index in [-0.39, 0.29) is 31.0 Å². The number of carbonyl (C=O) groups is 2. The van der Waals surface area contributed by atoms with Crippen molar-refractivity contribution in [2.75, 3.05) is 26.3 Å². The van der Waals surface area contributed by atoms with Crippen LogP contribution in [0.4, 0.5) is 0 Å². The number of hydrogen-bond acceptors (Lipinski definition) is 4. The number of amides is 1. The Morgan fingerprint density at radius 1 is 1.47 bits per heavy atom. The molecule has 19 heavy (non-hydrogen) atoms. The van der Waals surface area contributed by atoms with Gasteiger partial charge in [0, 0.05) is 19.5 Å². The quantitative estimate of drug-likeness (QED) is 0.754. The van der Waals surface area contributed by atoms with Crippen LogP contribution in [0.2, 0.25) is 0 Å². The Balaban J connectivity index is 2.70. The smallest absolute Gasteiger partial charge is 0.310 e. The molecule has 0 aliphatic carbocycles. The van der Waals surface area contributed by atoms with Gasteiger partial charge in [-0.25, -0.2) is 0 Å². The standard InChI is InChI=1S/C13H23NO5/c1-9(2)13(3,12(17)18)6-11(16)14-4-5-19-10(7-14)8-15/h9-10,15H,4-8H2,1-3H3,(H,17,18). The predicted molar refractivity (Wildman–Crippen MR) is 68.6 cm³/mol. The fourth-order valence-corrected chi connectivity index (χ4v) is 2.01. The van der Waals surface area contributed by atoms with Crippen LogP contribution in [0.1, 0.15) is 27.2 Å². The van der Waals surface area contributed by atoms with Crippen molar-refractivity contribution in [3.63, 3.8) is 0 Å². The van der Waals surface area contributed by atoms with Gasteiger partial charge in [0.15, 0.2) is 0 Å². The van der Waals surface area contributed by atoms with Crippen LogP contribution in [0.5, 0.6) is 0 Å². The van der Waals surface area contributed by atoms with E-state index in [0.29, 0.717) is 19.7 Å². The van der Waals surface area contributed by atoms with Gasteiger partial charge < -0.3 is 19.8 Å². The second-order valence-electron chi connectivity index (χ2n) is 5.57. The maximum absolute atomic E-state index is 12.2. The summed E-state index contributed by atoms with van der Waals surface area (Å²) in [4.78, 5) is 25.2. The van der Waals surface area contributed by atoms with Crippen molar-refractivity contribution in [2.45, 2.75) is 33.3 Å². The van der Waals surface area contributed by atoms with Crippen molar-refractivity contribution < 1.29 is 24.5 Å². The van der Waals surface area contributed by atoms with Crippen LogP contribution < -0.4 is 0 Å². The number of nitrogens with zero attached hydrogens (tertiary/aromatic N) is 1. The molecule has 6 heteroatoms. The molecule has 0 spiro atoms. The van der Waals surface area contributed by atoms with E-state index in [2.05, 4.69) is 0 Å². The summed E-state index contributed by atoms with van der Waals surface area (Å²) in [5, 5.41) is 18.4. The van der Waals surface area contributed by atoms with E-state index >= 15 is 0 Å². The average Bonchev–Trinajstić information content (AvgIpc) is 2.38. The Kier molecular flexibility index (Phi) is 5.31. The van der Waals surface area contributed by atoms with Gasteiger partial charge in [-0.15, -0.1) is 0 Å². The summed E-state index contributed by atoms with van der Waals surface area (Å²) in [7, 11) is 0. The van der Waals surface area contributed by atoms with Crippen LogP contribution in [-0.4, -0.2) is 59.4 Å². The van der Waals surface area contributed by atoms with Crippen molar-refractivity contribution in [1.29, 1.82) is 0 Å². The number of aliphatic carboxylic acids is 1. The molecule has 0 radical (unpaired) electrons. The second-order valence-corrected chi connectivity index (χ2v) is 5.57. The maximum Gasteiger partial charge on any atom is 0.310 e. The van der Waals surface area contributed by atoms with E-state index in [1.165, 1.54) is 0 Å². The third kappa shape index (κ3) is 3.67. The molecule has 2 atom stereocenters. The lowest BCUT2D eigenvalue weighted by Crippen LogP contribution is -2.49. The lowest BCUT2D eigenvalue weighted by atomic mass is 9.76. The van der Waals surface area contributed by atoms with Gasteiger partial charge in [-0.1, -0.05) is 13.8 Å². The SMILES string of the molecule is CC(C)C(C)(CC(=O)N1CCOC(CO)C1)C(=O)O. The minimum absolute atomic E-state index is 0.0296. The Bertz CT molecular complexity index is 344. The number of aliphatic hydroxyl groups excluding tert-OH is 1. The summed E-state index contributed by atoms with van der Waals surface area (Å²) in [6.07, 6.45) is -0.397. The molecule has 2 N–H and O–H groups in total. The molecule has 1 amide bonds. The summed E-state index contributed by atoms with van der Waals surface area (Å²) >= 11 is 0. The highest BCUT2D eigenvalue weighted by Gasteiger charge is 2.40. The first-order chi connectivity index (χ1) is 8.81.